The van der Waals surface area contributed by atoms with E-state index in [-0.39, 0.29) is 11.5 Å². The highest BCUT2D eigenvalue weighted by atomic mass is 16.5. The topological polar surface area (TPSA) is 88.3 Å². The average molecular weight is 450 g/mol. The number of aliphatic hydroxyl groups is 1. The first-order chi connectivity index (χ1) is 16.5. The number of benzene rings is 3. The van der Waals surface area contributed by atoms with Crippen LogP contribution in [-0.2, 0) is 9.59 Å². The van der Waals surface area contributed by atoms with Gasteiger partial charge in [0, 0.05) is 6.08 Å². The molecule has 0 fully saturated rings. The molecule has 0 amide bonds. The Morgan fingerprint density at radius 3 is 1.91 bits per heavy atom. The molecule has 0 bridgehead atoms. The summed E-state index contributed by atoms with van der Waals surface area (Å²) in [4.78, 5) is 24.1. The molecule has 0 aliphatic heterocycles. The molecule has 3 rings (SSSR count). The van der Waals surface area contributed by atoms with Crippen LogP contribution < -0.4 is 4.74 Å². The zero-order valence-electron chi connectivity index (χ0n) is 18.2. The molecule has 0 aliphatic carbocycles. The van der Waals surface area contributed by atoms with Crippen molar-refractivity contribution < 1.29 is 19.4 Å². The molecule has 1 N–H and O–H groups in total. The maximum absolute atomic E-state index is 12.8. The van der Waals surface area contributed by atoms with Gasteiger partial charge >= 0.3 is 5.97 Å². The largest absolute Gasteiger partial charge is 0.505 e. The van der Waals surface area contributed by atoms with Crippen molar-refractivity contribution in [1.29, 1.82) is 0 Å². The summed E-state index contributed by atoms with van der Waals surface area (Å²) in [6.45, 7) is 3.35. The van der Waals surface area contributed by atoms with E-state index in [2.05, 4.69) is 16.8 Å². The maximum atomic E-state index is 12.8. The van der Waals surface area contributed by atoms with Gasteiger partial charge in [-0.2, -0.15) is 5.11 Å². The minimum absolute atomic E-state index is 0.221. The SMILES string of the molecule is C=CC(=O)Oc1ccc(N=NC(C(=O)/C=C/c2ccccc2)=C(O)/C=C/c2ccccc2)cc1. The van der Waals surface area contributed by atoms with E-state index in [1.165, 1.54) is 24.3 Å². The summed E-state index contributed by atoms with van der Waals surface area (Å²) < 4.78 is 5.02. The molecule has 0 atom stereocenters. The second kappa shape index (κ2) is 12.3. The van der Waals surface area contributed by atoms with Crippen LogP contribution in [-0.4, -0.2) is 16.9 Å². The Bertz CT molecular complexity index is 1260. The lowest BCUT2D eigenvalue weighted by Crippen LogP contribution is -2.02. The first kappa shape index (κ1) is 23.8. The predicted octanol–water partition coefficient (Wildman–Crippen LogP) is 6.63. The van der Waals surface area contributed by atoms with E-state index in [1.54, 1.807) is 24.3 Å². The van der Waals surface area contributed by atoms with E-state index in [4.69, 9.17) is 4.74 Å². The van der Waals surface area contributed by atoms with Crippen LogP contribution in [0.3, 0.4) is 0 Å². The van der Waals surface area contributed by atoms with Crippen molar-refractivity contribution in [2.45, 2.75) is 0 Å². The lowest BCUT2D eigenvalue weighted by molar-refractivity contribution is -0.129. The Kier molecular flexibility index (Phi) is 8.59. The fourth-order valence-electron chi connectivity index (χ4n) is 2.71. The van der Waals surface area contributed by atoms with Crippen molar-refractivity contribution in [1.82, 2.24) is 0 Å². The Hall–Kier alpha value is -4.84. The zero-order valence-corrected chi connectivity index (χ0v) is 18.2. The van der Waals surface area contributed by atoms with Crippen LogP contribution in [0.4, 0.5) is 5.69 Å². The van der Waals surface area contributed by atoms with Gasteiger partial charge in [-0.3, -0.25) is 4.79 Å². The average Bonchev–Trinajstić information content (AvgIpc) is 2.88. The third kappa shape index (κ3) is 7.39. The summed E-state index contributed by atoms with van der Waals surface area (Å²) in [7, 11) is 0. The fraction of sp³-hybridized carbons (Fsp3) is 0. The molecule has 0 heterocycles. The van der Waals surface area contributed by atoms with Crippen LogP contribution in [0.1, 0.15) is 11.1 Å². The molecule has 3 aromatic carbocycles. The quantitative estimate of drug-likeness (QED) is 0.0990. The Labute approximate surface area is 197 Å². The number of nitrogens with zero attached hydrogens (tertiary/aromatic N) is 2. The summed E-state index contributed by atoms with van der Waals surface area (Å²) in [6.07, 6.45) is 7.09. The number of hydrogen-bond acceptors (Lipinski definition) is 6. The number of hydrogen-bond donors (Lipinski definition) is 1. The summed E-state index contributed by atoms with van der Waals surface area (Å²) in [5, 5.41) is 18.7. The zero-order chi connectivity index (χ0) is 24.2. The van der Waals surface area contributed by atoms with E-state index in [0.29, 0.717) is 11.4 Å². The summed E-state index contributed by atoms with van der Waals surface area (Å²) in [6, 6.07) is 24.8. The third-order valence-electron chi connectivity index (χ3n) is 4.42. The van der Waals surface area contributed by atoms with E-state index in [9.17, 15) is 14.7 Å². The highest BCUT2D eigenvalue weighted by Crippen LogP contribution is 2.21. The second-order valence-electron chi connectivity index (χ2n) is 6.91. The van der Waals surface area contributed by atoms with Crippen LogP contribution >= 0.6 is 0 Å². The summed E-state index contributed by atoms with van der Waals surface area (Å²) in [5.41, 5.74) is 1.86. The van der Waals surface area contributed by atoms with E-state index in [0.717, 1.165) is 17.2 Å². The van der Waals surface area contributed by atoms with Gasteiger partial charge in [0.25, 0.3) is 0 Å². The number of azo groups is 1. The van der Waals surface area contributed by atoms with Gasteiger partial charge in [-0.05, 0) is 47.5 Å². The number of esters is 1. The van der Waals surface area contributed by atoms with Crippen molar-refractivity contribution in [2.24, 2.45) is 10.2 Å². The molecule has 6 nitrogen and oxygen atoms in total. The normalized spacial score (nSPS) is 12.1. The number of ether oxygens (including phenoxy) is 1. The molecule has 0 saturated heterocycles. The van der Waals surface area contributed by atoms with Crippen LogP contribution in [0.15, 0.2) is 131 Å². The highest BCUT2D eigenvalue weighted by Gasteiger charge is 2.11. The van der Waals surface area contributed by atoms with Crippen LogP contribution in [0.5, 0.6) is 5.75 Å². The van der Waals surface area contributed by atoms with Gasteiger partial charge in [-0.1, -0.05) is 79.4 Å². The minimum Gasteiger partial charge on any atom is -0.505 e. The first-order valence-electron chi connectivity index (χ1n) is 10.3. The Morgan fingerprint density at radius 1 is 0.794 bits per heavy atom. The molecular formula is C28H22N2O4. The van der Waals surface area contributed by atoms with Crippen molar-refractivity contribution in [3.05, 3.63) is 132 Å². The van der Waals surface area contributed by atoms with Crippen molar-refractivity contribution in [3.63, 3.8) is 0 Å². The first-order valence-corrected chi connectivity index (χ1v) is 10.3. The molecule has 6 heteroatoms. The second-order valence-corrected chi connectivity index (χ2v) is 6.91. The molecule has 0 aromatic heterocycles. The van der Waals surface area contributed by atoms with Crippen LogP contribution in [0.25, 0.3) is 12.2 Å². The molecule has 0 radical (unpaired) electrons. The smallest absolute Gasteiger partial charge is 0.335 e. The highest BCUT2D eigenvalue weighted by molar-refractivity contribution is 6.06. The van der Waals surface area contributed by atoms with Gasteiger partial charge < -0.3 is 9.84 Å². The standard InChI is InChI=1S/C28H22N2O4/c1-2-27(33)34-24-17-15-23(16-18-24)29-30-28(25(31)19-13-21-9-5-3-6-10-21)26(32)20-14-22-11-7-4-8-12-22/h2-20,31H,1H2/b19-13+,20-14+,28-25?,30-29?. The fourth-order valence-corrected chi connectivity index (χ4v) is 2.71. The Balaban J connectivity index is 1.86. The minimum atomic E-state index is -0.578. The monoisotopic (exact) mass is 450 g/mol. The third-order valence-corrected chi connectivity index (χ3v) is 4.42. The van der Waals surface area contributed by atoms with E-state index < -0.39 is 11.8 Å². The summed E-state index contributed by atoms with van der Waals surface area (Å²) >= 11 is 0. The van der Waals surface area contributed by atoms with Crippen LogP contribution in [0.2, 0.25) is 0 Å². The van der Waals surface area contributed by atoms with Gasteiger partial charge in [0.1, 0.15) is 11.5 Å². The number of allylic oxidation sites excluding steroid dienone is 2. The van der Waals surface area contributed by atoms with Crippen molar-refractivity contribution >= 4 is 29.6 Å². The number of aliphatic hydroxyl groups excluding tert-OH is 1. The van der Waals surface area contributed by atoms with E-state index >= 15 is 0 Å². The van der Waals surface area contributed by atoms with E-state index in [1.807, 2.05) is 60.7 Å². The lowest BCUT2D eigenvalue weighted by atomic mass is 10.1. The number of carbonyl (C=O) groups excluding carboxylic acids is 2. The number of carbonyl (C=O) groups is 2. The predicted molar refractivity (Wildman–Crippen MR) is 132 cm³/mol. The van der Waals surface area contributed by atoms with Gasteiger partial charge in [-0.25, -0.2) is 4.79 Å². The maximum Gasteiger partial charge on any atom is 0.335 e. The lowest BCUT2D eigenvalue weighted by Gasteiger charge is -2.02. The molecule has 0 saturated carbocycles. The van der Waals surface area contributed by atoms with Gasteiger partial charge in [0.2, 0.25) is 5.78 Å². The number of rotatable bonds is 9. The molecule has 0 spiro atoms. The van der Waals surface area contributed by atoms with Gasteiger partial charge in [-0.15, -0.1) is 5.11 Å². The molecule has 0 aliphatic rings. The number of ketones is 1. The van der Waals surface area contributed by atoms with Gasteiger partial charge in [0.05, 0.1) is 5.69 Å². The van der Waals surface area contributed by atoms with Crippen LogP contribution in [0, 0.1) is 0 Å². The molecule has 34 heavy (non-hydrogen) atoms. The molecule has 0 unspecified atom stereocenters. The molecule has 3 aromatic rings. The van der Waals surface area contributed by atoms with Crippen molar-refractivity contribution in [2.75, 3.05) is 0 Å². The molecular weight excluding hydrogens is 428 g/mol. The Morgan fingerprint density at radius 2 is 1.35 bits per heavy atom. The van der Waals surface area contributed by atoms with Gasteiger partial charge in [0.15, 0.2) is 5.70 Å². The molecule has 168 valence electrons. The summed E-state index contributed by atoms with van der Waals surface area (Å²) in [5.74, 6) is -1.10. The van der Waals surface area contributed by atoms with Crippen molar-refractivity contribution in [3.8, 4) is 5.75 Å².